The van der Waals surface area contributed by atoms with E-state index in [4.69, 9.17) is 14.4 Å². The molecule has 0 aliphatic heterocycles. The molecule has 0 atom stereocenters. The van der Waals surface area contributed by atoms with Crippen molar-refractivity contribution in [1.82, 2.24) is 9.97 Å². The Kier molecular flexibility index (Phi) is 6.12. The van der Waals surface area contributed by atoms with Crippen LogP contribution in [0.1, 0.15) is 0 Å². The summed E-state index contributed by atoms with van der Waals surface area (Å²) >= 11 is 0. The van der Waals surface area contributed by atoms with Crippen molar-refractivity contribution in [3.05, 3.63) is 158 Å². The lowest BCUT2D eigenvalue weighted by Gasteiger charge is -2.14. The van der Waals surface area contributed by atoms with E-state index in [9.17, 15) is 0 Å². The molecule has 0 amide bonds. The first-order valence-electron chi connectivity index (χ1n) is 14.4. The molecule has 0 spiro atoms. The summed E-state index contributed by atoms with van der Waals surface area (Å²) in [6.45, 7) is 0. The number of fused-ring (bicyclic) bond motifs is 3. The number of aromatic nitrogens is 2. The van der Waals surface area contributed by atoms with Crippen LogP contribution in [-0.2, 0) is 0 Å². The van der Waals surface area contributed by atoms with Crippen LogP contribution in [0, 0.1) is 0 Å². The van der Waals surface area contributed by atoms with Gasteiger partial charge in [-0.25, -0.2) is 9.97 Å². The van der Waals surface area contributed by atoms with Crippen LogP contribution in [0.4, 0.5) is 0 Å². The van der Waals surface area contributed by atoms with Gasteiger partial charge < -0.3 is 4.42 Å². The first-order valence-corrected chi connectivity index (χ1v) is 14.4. The molecule has 0 aliphatic rings. The van der Waals surface area contributed by atoms with Gasteiger partial charge in [-0.3, -0.25) is 0 Å². The second-order valence-corrected chi connectivity index (χ2v) is 10.6. The van der Waals surface area contributed by atoms with Gasteiger partial charge in [-0.2, -0.15) is 0 Å². The zero-order chi connectivity index (χ0) is 28.6. The van der Waals surface area contributed by atoms with Gasteiger partial charge in [0.1, 0.15) is 11.2 Å². The maximum atomic E-state index is 6.59. The molecule has 0 saturated carbocycles. The van der Waals surface area contributed by atoms with E-state index in [2.05, 4.69) is 103 Å². The maximum absolute atomic E-state index is 6.59. The summed E-state index contributed by atoms with van der Waals surface area (Å²) < 4.78 is 6.59. The molecular weight excluding hydrogens is 524 g/mol. The molecule has 6 aromatic carbocycles. The van der Waals surface area contributed by atoms with Crippen LogP contribution in [0.2, 0.25) is 0 Å². The number of rotatable bonds is 5. The molecule has 2 aromatic heterocycles. The van der Waals surface area contributed by atoms with Crippen LogP contribution in [0.5, 0.6) is 0 Å². The SMILES string of the molecule is c1ccc(-c2ccc(-c3c(-c4nc(-c5ccccc5)cc(-c5ccccc5)n4)ccc4c3oc3ccccc34)cc2)cc1. The zero-order valence-electron chi connectivity index (χ0n) is 23.3. The van der Waals surface area contributed by atoms with Crippen LogP contribution >= 0.6 is 0 Å². The minimum Gasteiger partial charge on any atom is -0.455 e. The van der Waals surface area contributed by atoms with E-state index in [0.29, 0.717) is 5.82 Å². The largest absolute Gasteiger partial charge is 0.455 e. The van der Waals surface area contributed by atoms with Crippen LogP contribution in [0.15, 0.2) is 162 Å². The Bertz CT molecular complexity index is 2140. The summed E-state index contributed by atoms with van der Waals surface area (Å²) in [6.07, 6.45) is 0. The zero-order valence-corrected chi connectivity index (χ0v) is 23.3. The standard InChI is InChI=1S/C40H26N2O/c1-4-12-27(13-5-1)28-20-22-31(23-21-28)38-34(25-24-33-32-18-10-11-19-37(32)43-39(33)38)40-41-35(29-14-6-2-7-15-29)26-36(42-40)30-16-8-3-9-17-30/h1-26H. The molecule has 0 saturated heterocycles. The van der Waals surface area contributed by atoms with Crippen molar-refractivity contribution in [2.45, 2.75) is 0 Å². The monoisotopic (exact) mass is 550 g/mol. The number of nitrogens with zero attached hydrogens (tertiary/aromatic N) is 2. The molecule has 0 aliphatic carbocycles. The lowest BCUT2D eigenvalue weighted by molar-refractivity contribution is 0.670. The van der Waals surface area contributed by atoms with Gasteiger partial charge >= 0.3 is 0 Å². The van der Waals surface area contributed by atoms with Gasteiger partial charge in [-0.15, -0.1) is 0 Å². The average Bonchev–Trinajstić information content (AvgIpc) is 3.48. The quantitative estimate of drug-likeness (QED) is 0.214. The minimum atomic E-state index is 0.657. The van der Waals surface area contributed by atoms with Gasteiger partial charge in [-0.05, 0) is 41.0 Å². The minimum absolute atomic E-state index is 0.657. The van der Waals surface area contributed by atoms with Crippen LogP contribution < -0.4 is 0 Å². The highest BCUT2D eigenvalue weighted by molar-refractivity contribution is 6.12. The summed E-state index contributed by atoms with van der Waals surface area (Å²) in [5.41, 5.74) is 10.8. The predicted molar refractivity (Wildman–Crippen MR) is 176 cm³/mol. The van der Waals surface area contributed by atoms with Crippen molar-refractivity contribution in [2.24, 2.45) is 0 Å². The fourth-order valence-corrected chi connectivity index (χ4v) is 5.80. The molecule has 2 heterocycles. The van der Waals surface area contributed by atoms with Gasteiger partial charge in [0.15, 0.2) is 5.82 Å². The van der Waals surface area contributed by atoms with E-state index in [1.807, 2.05) is 54.6 Å². The number of para-hydroxylation sites is 1. The number of hydrogen-bond acceptors (Lipinski definition) is 3. The third kappa shape index (κ3) is 4.58. The highest BCUT2D eigenvalue weighted by Gasteiger charge is 2.20. The van der Waals surface area contributed by atoms with Crippen molar-refractivity contribution < 1.29 is 4.42 Å². The molecule has 0 unspecified atom stereocenters. The fraction of sp³-hybridized carbons (Fsp3) is 0. The first-order chi connectivity index (χ1) is 21.3. The number of furan rings is 1. The Hall–Kier alpha value is -5.80. The molecule has 3 heteroatoms. The molecule has 8 rings (SSSR count). The highest BCUT2D eigenvalue weighted by Crippen LogP contribution is 2.42. The first kappa shape index (κ1) is 25.0. The summed E-state index contributed by atoms with van der Waals surface area (Å²) in [4.78, 5) is 10.3. The van der Waals surface area contributed by atoms with Crippen molar-refractivity contribution >= 4 is 21.9 Å². The van der Waals surface area contributed by atoms with E-state index in [1.54, 1.807) is 0 Å². The number of hydrogen-bond donors (Lipinski definition) is 0. The van der Waals surface area contributed by atoms with Gasteiger partial charge in [0.05, 0.1) is 11.4 Å². The summed E-state index contributed by atoms with van der Waals surface area (Å²) in [5.74, 6) is 0.657. The lowest BCUT2D eigenvalue weighted by Crippen LogP contribution is -1.97. The molecule has 8 aromatic rings. The maximum Gasteiger partial charge on any atom is 0.161 e. The molecule has 43 heavy (non-hydrogen) atoms. The van der Waals surface area contributed by atoms with Crippen molar-refractivity contribution in [3.8, 4) is 56.2 Å². The molecular formula is C40H26N2O. The van der Waals surface area contributed by atoms with Crippen LogP contribution in [0.3, 0.4) is 0 Å². The van der Waals surface area contributed by atoms with Gasteiger partial charge in [0, 0.05) is 33.0 Å². The van der Waals surface area contributed by atoms with Crippen molar-refractivity contribution in [1.29, 1.82) is 0 Å². The van der Waals surface area contributed by atoms with E-state index in [1.165, 1.54) is 5.56 Å². The fourth-order valence-electron chi connectivity index (χ4n) is 5.80. The van der Waals surface area contributed by atoms with Crippen LogP contribution in [0.25, 0.3) is 78.1 Å². The third-order valence-corrected chi connectivity index (χ3v) is 7.93. The van der Waals surface area contributed by atoms with Gasteiger partial charge in [0.2, 0.25) is 0 Å². The Balaban J connectivity index is 1.39. The van der Waals surface area contributed by atoms with Gasteiger partial charge in [0.25, 0.3) is 0 Å². The summed E-state index contributed by atoms with van der Waals surface area (Å²) in [7, 11) is 0. The number of benzene rings is 6. The third-order valence-electron chi connectivity index (χ3n) is 7.93. The summed E-state index contributed by atoms with van der Waals surface area (Å²) in [6, 6.07) is 54.3. The lowest BCUT2D eigenvalue weighted by atomic mass is 9.94. The normalized spacial score (nSPS) is 11.3. The average molecular weight is 551 g/mol. The Morgan fingerprint density at radius 3 is 1.53 bits per heavy atom. The Morgan fingerprint density at radius 1 is 0.395 bits per heavy atom. The van der Waals surface area contributed by atoms with Crippen molar-refractivity contribution in [2.75, 3.05) is 0 Å². The van der Waals surface area contributed by atoms with E-state index in [0.717, 1.165) is 66.7 Å². The Morgan fingerprint density at radius 2 is 0.907 bits per heavy atom. The molecule has 0 N–H and O–H groups in total. The Labute approximate surface area is 249 Å². The molecule has 0 bridgehead atoms. The molecule has 3 nitrogen and oxygen atoms in total. The topological polar surface area (TPSA) is 38.9 Å². The van der Waals surface area contributed by atoms with Crippen molar-refractivity contribution in [3.63, 3.8) is 0 Å². The molecule has 0 radical (unpaired) electrons. The second-order valence-electron chi connectivity index (χ2n) is 10.6. The second kappa shape index (κ2) is 10.6. The van der Waals surface area contributed by atoms with E-state index in [-0.39, 0.29) is 0 Å². The smallest absolute Gasteiger partial charge is 0.161 e. The summed E-state index contributed by atoms with van der Waals surface area (Å²) in [5, 5.41) is 2.17. The van der Waals surface area contributed by atoms with E-state index < -0.39 is 0 Å². The van der Waals surface area contributed by atoms with E-state index >= 15 is 0 Å². The van der Waals surface area contributed by atoms with Crippen LogP contribution in [-0.4, -0.2) is 9.97 Å². The predicted octanol–water partition coefficient (Wildman–Crippen LogP) is 10.7. The molecule has 202 valence electrons. The molecule has 0 fully saturated rings. The highest BCUT2D eigenvalue weighted by atomic mass is 16.3. The van der Waals surface area contributed by atoms with Gasteiger partial charge in [-0.1, -0.05) is 133 Å².